The number of nitriles is 1. The number of hydrogen-bond acceptors (Lipinski definition) is 5. The molecule has 0 fully saturated rings. The Labute approximate surface area is 84.9 Å². The largest absolute Gasteiger partial charge is 0.241 e. The lowest BCUT2D eigenvalue weighted by Crippen LogP contribution is -1.88. The van der Waals surface area contributed by atoms with E-state index in [9.17, 15) is 0 Å². The van der Waals surface area contributed by atoms with Gasteiger partial charge in [0.2, 0.25) is 5.82 Å². The third kappa shape index (κ3) is 1.60. The maximum Gasteiger partial charge on any atom is 0.232 e. The van der Waals surface area contributed by atoms with Crippen LogP contribution in [0, 0.1) is 18.3 Å². The van der Waals surface area contributed by atoms with Gasteiger partial charge in [-0.15, -0.1) is 11.3 Å². The molecule has 0 radical (unpaired) electrons. The zero-order valence-electron chi connectivity index (χ0n) is 7.43. The van der Waals surface area contributed by atoms with Crippen LogP contribution >= 0.6 is 11.3 Å². The second-order valence-electron chi connectivity index (χ2n) is 2.70. The van der Waals surface area contributed by atoms with Gasteiger partial charge < -0.3 is 0 Å². The van der Waals surface area contributed by atoms with Crippen molar-refractivity contribution in [2.24, 2.45) is 0 Å². The average Bonchev–Trinajstić information content (AvgIpc) is 2.65. The van der Waals surface area contributed by atoms with Gasteiger partial charge in [0.1, 0.15) is 11.1 Å². The minimum absolute atomic E-state index is 0.182. The predicted octanol–water partition coefficient (Wildman–Crippen LogP) is 1.78. The molecule has 0 N–H and O–H groups in total. The molecule has 0 aromatic carbocycles. The summed E-state index contributed by atoms with van der Waals surface area (Å²) in [7, 11) is 0. The molecule has 0 aliphatic rings. The topological polar surface area (TPSA) is 62.5 Å². The van der Waals surface area contributed by atoms with E-state index in [4.69, 9.17) is 5.26 Å². The SMILES string of the molecule is Cc1csc(-c2cnc(C#N)nc2)n1. The van der Waals surface area contributed by atoms with E-state index in [2.05, 4.69) is 15.0 Å². The molecule has 4 nitrogen and oxygen atoms in total. The molecule has 0 aliphatic heterocycles. The fraction of sp³-hybridized carbons (Fsp3) is 0.111. The first-order chi connectivity index (χ1) is 6.79. The molecule has 2 aromatic heterocycles. The van der Waals surface area contributed by atoms with Gasteiger partial charge in [-0.05, 0) is 6.92 Å². The molecular weight excluding hydrogens is 196 g/mol. The fourth-order valence-corrected chi connectivity index (χ4v) is 1.76. The lowest BCUT2D eigenvalue weighted by molar-refractivity contribution is 1.11. The van der Waals surface area contributed by atoms with Crippen LogP contribution in [-0.2, 0) is 0 Å². The smallest absolute Gasteiger partial charge is 0.232 e. The van der Waals surface area contributed by atoms with Crippen molar-refractivity contribution in [2.45, 2.75) is 6.92 Å². The van der Waals surface area contributed by atoms with Gasteiger partial charge in [0, 0.05) is 29.0 Å². The minimum Gasteiger partial charge on any atom is -0.241 e. The Kier molecular flexibility index (Phi) is 2.21. The van der Waals surface area contributed by atoms with Crippen molar-refractivity contribution in [2.75, 3.05) is 0 Å². The van der Waals surface area contributed by atoms with Crippen molar-refractivity contribution < 1.29 is 0 Å². The number of hydrogen-bond donors (Lipinski definition) is 0. The maximum absolute atomic E-state index is 8.52. The van der Waals surface area contributed by atoms with Gasteiger partial charge in [0.25, 0.3) is 0 Å². The summed E-state index contributed by atoms with van der Waals surface area (Å²) in [6.07, 6.45) is 3.23. The van der Waals surface area contributed by atoms with E-state index >= 15 is 0 Å². The van der Waals surface area contributed by atoms with E-state index < -0.39 is 0 Å². The van der Waals surface area contributed by atoms with Gasteiger partial charge in [-0.3, -0.25) is 0 Å². The van der Waals surface area contributed by atoms with E-state index in [-0.39, 0.29) is 5.82 Å². The van der Waals surface area contributed by atoms with Gasteiger partial charge >= 0.3 is 0 Å². The second-order valence-corrected chi connectivity index (χ2v) is 3.56. The molecule has 0 spiro atoms. The third-order valence-electron chi connectivity index (χ3n) is 1.62. The number of aromatic nitrogens is 3. The van der Waals surface area contributed by atoms with E-state index in [1.165, 1.54) is 0 Å². The van der Waals surface area contributed by atoms with Crippen LogP contribution in [0.25, 0.3) is 10.6 Å². The average molecular weight is 202 g/mol. The first kappa shape index (κ1) is 8.78. The van der Waals surface area contributed by atoms with Crippen molar-refractivity contribution >= 4 is 11.3 Å². The van der Waals surface area contributed by atoms with Crippen molar-refractivity contribution in [1.82, 2.24) is 15.0 Å². The second kappa shape index (κ2) is 3.52. The van der Waals surface area contributed by atoms with Crippen LogP contribution in [0.1, 0.15) is 11.5 Å². The number of thiazole rings is 1. The lowest BCUT2D eigenvalue weighted by Gasteiger charge is -1.93. The Morgan fingerprint density at radius 3 is 2.57 bits per heavy atom. The summed E-state index contributed by atoms with van der Waals surface area (Å²) in [5.74, 6) is 0.182. The predicted molar refractivity (Wildman–Crippen MR) is 52.6 cm³/mol. The molecule has 2 rings (SSSR count). The van der Waals surface area contributed by atoms with E-state index in [1.807, 2.05) is 18.4 Å². The van der Waals surface area contributed by atoms with Crippen LogP contribution in [0.2, 0.25) is 0 Å². The molecule has 0 aliphatic carbocycles. The molecule has 0 saturated carbocycles. The molecule has 0 bridgehead atoms. The number of nitrogens with zero attached hydrogens (tertiary/aromatic N) is 4. The molecule has 14 heavy (non-hydrogen) atoms. The fourth-order valence-electron chi connectivity index (χ4n) is 0.983. The first-order valence-corrected chi connectivity index (χ1v) is 4.82. The van der Waals surface area contributed by atoms with Crippen LogP contribution in [-0.4, -0.2) is 15.0 Å². The Balaban J connectivity index is 2.39. The quantitative estimate of drug-likeness (QED) is 0.707. The number of aryl methyl sites for hydroxylation is 1. The molecule has 2 aromatic rings. The van der Waals surface area contributed by atoms with Crippen LogP contribution in [0.5, 0.6) is 0 Å². The first-order valence-electron chi connectivity index (χ1n) is 3.94. The molecule has 2 heterocycles. The van der Waals surface area contributed by atoms with Crippen LogP contribution < -0.4 is 0 Å². The maximum atomic E-state index is 8.52. The summed E-state index contributed by atoms with van der Waals surface area (Å²) < 4.78 is 0. The summed E-state index contributed by atoms with van der Waals surface area (Å²) in [6.45, 7) is 1.94. The van der Waals surface area contributed by atoms with E-state index in [0.29, 0.717) is 0 Å². The molecule has 68 valence electrons. The monoisotopic (exact) mass is 202 g/mol. The highest BCUT2D eigenvalue weighted by Crippen LogP contribution is 2.21. The summed E-state index contributed by atoms with van der Waals surface area (Å²) in [5.41, 5.74) is 1.83. The van der Waals surface area contributed by atoms with Gasteiger partial charge in [0.15, 0.2) is 0 Å². The summed E-state index contributed by atoms with van der Waals surface area (Å²) in [6, 6.07) is 1.87. The van der Waals surface area contributed by atoms with Gasteiger partial charge in [0.05, 0.1) is 0 Å². The van der Waals surface area contributed by atoms with Gasteiger partial charge in [-0.1, -0.05) is 0 Å². The summed E-state index contributed by atoms with van der Waals surface area (Å²) in [5, 5.41) is 11.4. The highest BCUT2D eigenvalue weighted by molar-refractivity contribution is 7.13. The highest BCUT2D eigenvalue weighted by atomic mass is 32.1. The Bertz CT molecular complexity index is 480. The van der Waals surface area contributed by atoms with Crippen molar-refractivity contribution in [1.29, 1.82) is 5.26 Å². The van der Waals surface area contributed by atoms with Crippen LogP contribution in [0.3, 0.4) is 0 Å². The minimum atomic E-state index is 0.182. The zero-order chi connectivity index (χ0) is 9.97. The van der Waals surface area contributed by atoms with Gasteiger partial charge in [-0.25, -0.2) is 15.0 Å². The summed E-state index contributed by atoms with van der Waals surface area (Å²) >= 11 is 1.54. The van der Waals surface area contributed by atoms with E-state index in [0.717, 1.165) is 16.3 Å². The van der Waals surface area contributed by atoms with Crippen molar-refractivity contribution in [3.8, 4) is 16.6 Å². The molecule has 0 unspecified atom stereocenters. The third-order valence-corrected chi connectivity index (χ3v) is 2.63. The van der Waals surface area contributed by atoms with Crippen LogP contribution in [0.4, 0.5) is 0 Å². The molecule has 0 atom stereocenters. The molecule has 0 saturated heterocycles. The normalized spacial score (nSPS) is 9.71. The Morgan fingerprint density at radius 2 is 2.07 bits per heavy atom. The standard InChI is InChI=1S/C9H6N4S/c1-6-5-14-9(13-6)7-3-11-8(2-10)12-4-7/h3-5H,1H3. The molecule has 0 amide bonds. The molecule has 5 heteroatoms. The summed E-state index contributed by atoms with van der Waals surface area (Å²) in [4.78, 5) is 12.0. The van der Waals surface area contributed by atoms with Crippen molar-refractivity contribution in [3.05, 3.63) is 29.3 Å². The van der Waals surface area contributed by atoms with E-state index in [1.54, 1.807) is 23.7 Å². The van der Waals surface area contributed by atoms with Crippen molar-refractivity contribution in [3.63, 3.8) is 0 Å². The lowest BCUT2D eigenvalue weighted by atomic mass is 10.3. The van der Waals surface area contributed by atoms with Gasteiger partial charge in [-0.2, -0.15) is 5.26 Å². The Hall–Kier alpha value is -1.80. The Morgan fingerprint density at radius 1 is 1.36 bits per heavy atom. The van der Waals surface area contributed by atoms with Crippen LogP contribution in [0.15, 0.2) is 17.8 Å². The highest BCUT2D eigenvalue weighted by Gasteiger charge is 2.03. The molecular formula is C9H6N4S. The number of rotatable bonds is 1. The zero-order valence-corrected chi connectivity index (χ0v) is 8.25.